The van der Waals surface area contributed by atoms with Crippen molar-refractivity contribution in [2.75, 3.05) is 0 Å². The molecule has 2 heterocycles. The van der Waals surface area contributed by atoms with Gasteiger partial charge in [0.2, 0.25) is 5.82 Å². The lowest BCUT2D eigenvalue weighted by Gasteiger charge is -2.00. The lowest BCUT2D eigenvalue weighted by Crippen LogP contribution is -2.25. The molecule has 8 heteroatoms. The zero-order valence-electron chi connectivity index (χ0n) is 12.4. The molecular formula is C15H14N6O2. The van der Waals surface area contributed by atoms with E-state index >= 15 is 0 Å². The van der Waals surface area contributed by atoms with E-state index in [1.54, 1.807) is 25.3 Å². The van der Waals surface area contributed by atoms with Crippen molar-refractivity contribution >= 4 is 11.6 Å². The molecule has 0 aliphatic heterocycles. The second kappa shape index (κ2) is 6.65. The summed E-state index contributed by atoms with van der Waals surface area (Å²) < 4.78 is 5.18. The van der Waals surface area contributed by atoms with Crippen LogP contribution in [0.3, 0.4) is 0 Å². The number of nitrogens with zero attached hydrogens (tertiary/aromatic N) is 5. The molecule has 0 spiro atoms. The van der Waals surface area contributed by atoms with Gasteiger partial charge in [0.15, 0.2) is 0 Å². The number of amides is 1. The molecule has 0 radical (unpaired) electrons. The number of benzene rings is 1. The Morgan fingerprint density at radius 3 is 2.83 bits per heavy atom. The monoisotopic (exact) mass is 310 g/mol. The molecule has 0 unspecified atom stereocenters. The van der Waals surface area contributed by atoms with Crippen LogP contribution in [0.5, 0.6) is 0 Å². The molecule has 0 bridgehead atoms. The Balaban J connectivity index is 1.60. The molecule has 8 nitrogen and oxygen atoms in total. The van der Waals surface area contributed by atoms with Crippen LogP contribution in [0.15, 0.2) is 58.2 Å². The number of hydrazone groups is 1. The van der Waals surface area contributed by atoms with Crippen LogP contribution in [0, 0.1) is 0 Å². The smallest absolute Gasteiger partial charge is 0.263 e. The largest absolute Gasteiger partial charge is 0.463 e. The summed E-state index contributed by atoms with van der Waals surface area (Å²) >= 11 is 0. The summed E-state index contributed by atoms with van der Waals surface area (Å²) in [5.41, 5.74) is 3.84. The van der Waals surface area contributed by atoms with E-state index in [0.29, 0.717) is 17.3 Å². The highest BCUT2D eigenvalue weighted by molar-refractivity contribution is 5.96. The first-order chi connectivity index (χ1) is 11.2. The number of furan rings is 1. The molecule has 1 N–H and O–H groups in total. The predicted molar refractivity (Wildman–Crippen MR) is 82.3 cm³/mol. The molecule has 0 fully saturated rings. The summed E-state index contributed by atoms with van der Waals surface area (Å²) in [6.45, 7) is 1.66. The summed E-state index contributed by atoms with van der Waals surface area (Å²) in [6.07, 6.45) is 1.54. The Kier molecular flexibility index (Phi) is 4.23. The second-order valence-electron chi connectivity index (χ2n) is 4.72. The number of nitrogens with one attached hydrogen (secondary N) is 1. The van der Waals surface area contributed by atoms with Crippen LogP contribution in [0.4, 0.5) is 0 Å². The molecule has 1 aromatic carbocycles. The van der Waals surface area contributed by atoms with Gasteiger partial charge in [-0.25, -0.2) is 5.43 Å². The average Bonchev–Trinajstić information content (AvgIpc) is 3.25. The van der Waals surface area contributed by atoms with Crippen molar-refractivity contribution in [1.29, 1.82) is 0 Å². The number of rotatable bonds is 5. The number of carbonyl (C=O) groups is 1. The molecular weight excluding hydrogens is 296 g/mol. The SMILES string of the molecule is CC(=NNC(=O)Cn1nnc(-c2ccccc2)n1)c1ccco1. The zero-order valence-corrected chi connectivity index (χ0v) is 12.4. The van der Waals surface area contributed by atoms with Gasteiger partial charge in [-0.05, 0) is 24.3 Å². The third-order valence-electron chi connectivity index (χ3n) is 3.00. The van der Waals surface area contributed by atoms with E-state index in [0.717, 1.165) is 5.56 Å². The predicted octanol–water partition coefficient (Wildman–Crippen LogP) is 1.47. The third kappa shape index (κ3) is 3.67. The summed E-state index contributed by atoms with van der Waals surface area (Å²) in [4.78, 5) is 13.1. The summed E-state index contributed by atoms with van der Waals surface area (Å²) in [5.74, 6) is 0.706. The van der Waals surface area contributed by atoms with E-state index in [1.165, 1.54) is 4.80 Å². The van der Waals surface area contributed by atoms with Crippen molar-refractivity contribution < 1.29 is 9.21 Å². The van der Waals surface area contributed by atoms with E-state index in [1.807, 2.05) is 30.3 Å². The first-order valence-electron chi connectivity index (χ1n) is 6.92. The quantitative estimate of drug-likeness (QED) is 0.568. The number of tetrazole rings is 1. The molecule has 0 aliphatic rings. The van der Waals surface area contributed by atoms with E-state index in [-0.39, 0.29) is 12.5 Å². The second-order valence-corrected chi connectivity index (χ2v) is 4.72. The van der Waals surface area contributed by atoms with Crippen molar-refractivity contribution in [2.45, 2.75) is 13.5 Å². The molecule has 0 atom stereocenters. The molecule has 2 aromatic heterocycles. The number of aromatic nitrogens is 4. The molecule has 1 amide bonds. The first kappa shape index (κ1) is 14.6. The minimum absolute atomic E-state index is 0.0746. The Morgan fingerprint density at radius 2 is 2.09 bits per heavy atom. The Hall–Kier alpha value is -3.29. The van der Waals surface area contributed by atoms with Gasteiger partial charge in [0.05, 0.1) is 6.26 Å². The highest BCUT2D eigenvalue weighted by Crippen LogP contribution is 2.11. The molecule has 0 aliphatic carbocycles. The van der Waals surface area contributed by atoms with Crippen molar-refractivity contribution in [1.82, 2.24) is 25.6 Å². The minimum atomic E-state index is -0.354. The molecule has 3 rings (SSSR count). The van der Waals surface area contributed by atoms with Crippen LogP contribution in [-0.2, 0) is 11.3 Å². The molecule has 116 valence electrons. The molecule has 0 saturated carbocycles. The van der Waals surface area contributed by atoms with Crippen LogP contribution in [0.25, 0.3) is 11.4 Å². The van der Waals surface area contributed by atoms with Gasteiger partial charge >= 0.3 is 0 Å². The van der Waals surface area contributed by atoms with Crippen molar-refractivity contribution in [2.24, 2.45) is 5.10 Å². The van der Waals surface area contributed by atoms with Crippen LogP contribution in [0.1, 0.15) is 12.7 Å². The van der Waals surface area contributed by atoms with Gasteiger partial charge in [-0.3, -0.25) is 4.79 Å². The lowest BCUT2D eigenvalue weighted by atomic mass is 10.2. The Bertz CT molecular complexity index is 808. The average molecular weight is 310 g/mol. The lowest BCUT2D eigenvalue weighted by molar-refractivity contribution is -0.122. The van der Waals surface area contributed by atoms with Crippen LogP contribution in [-0.4, -0.2) is 31.8 Å². The fraction of sp³-hybridized carbons (Fsp3) is 0.133. The van der Waals surface area contributed by atoms with Crippen LogP contribution >= 0.6 is 0 Å². The van der Waals surface area contributed by atoms with Gasteiger partial charge < -0.3 is 4.42 Å². The normalized spacial score (nSPS) is 11.4. The Labute approximate surface area is 131 Å². The first-order valence-corrected chi connectivity index (χ1v) is 6.92. The highest BCUT2D eigenvalue weighted by atomic mass is 16.3. The van der Waals surface area contributed by atoms with Gasteiger partial charge in [-0.15, -0.1) is 10.2 Å². The highest BCUT2D eigenvalue weighted by Gasteiger charge is 2.09. The van der Waals surface area contributed by atoms with E-state index in [9.17, 15) is 4.79 Å². The minimum Gasteiger partial charge on any atom is -0.463 e. The van der Waals surface area contributed by atoms with Gasteiger partial charge in [0.1, 0.15) is 18.0 Å². The standard InChI is InChI=1S/C15H14N6O2/c1-11(13-8-5-9-23-13)16-17-14(22)10-21-19-15(18-20-21)12-6-3-2-4-7-12/h2-9H,10H2,1H3,(H,17,22). The Morgan fingerprint density at radius 1 is 1.26 bits per heavy atom. The van der Waals surface area contributed by atoms with Gasteiger partial charge in [-0.1, -0.05) is 30.3 Å². The maximum absolute atomic E-state index is 11.9. The molecule has 0 saturated heterocycles. The topological polar surface area (TPSA) is 98.2 Å². The molecule has 3 aromatic rings. The maximum Gasteiger partial charge on any atom is 0.263 e. The van der Waals surface area contributed by atoms with E-state index in [4.69, 9.17) is 4.42 Å². The summed E-state index contributed by atoms with van der Waals surface area (Å²) in [7, 11) is 0. The summed E-state index contributed by atoms with van der Waals surface area (Å²) in [6, 6.07) is 12.9. The third-order valence-corrected chi connectivity index (χ3v) is 3.00. The fourth-order valence-corrected chi connectivity index (χ4v) is 1.86. The summed E-state index contributed by atoms with van der Waals surface area (Å²) in [5, 5.41) is 15.9. The van der Waals surface area contributed by atoms with Crippen molar-refractivity contribution in [3.8, 4) is 11.4 Å². The number of hydrogen-bond acceptors (Lipinski definition) is 6. The van der Waals surface area contributed by atoms with Gasteiger partial charge in [-0.2, -0.15) is 9.90 Å². The molecule has 23 heavy (non-hydrogen) atoms. The van der Waals surface area contributed by atoms with E-state index in [2.05, 4.69) is 25.9 Å². The van der Waals surface area contributed by atoms with Crippen molar-refractivity contribution in [3.05, 3.63) is 54.5 Å². The van der Waals surface area contributed by atoms with Crippen LogP contribution < -0.4 is 5.43 Å². The van der Waals surface area contributed by atoms with Gasteiger partial charge in [0.25, 0.3) is 5.91 Å². The fourth-order valence-electron chi connectivity index (χ4n) is 1.86. The van der Waals surface area contributed by atoms with Gasteiger partial charge in [0, 0.05) is 5.56 Å². The number of hydrogen-bond donors (Lipinski definition) is 1. The zero-order chi connectivity index (χ0) is 16.1. The van der Waals surface area contributed by atoms with E-state index < -0.39 is 0 Å². The maximum atomic E-state index is 11.9. The number of carbonyl (C=O) groups excluding carboxylic acids is 1. The van der Waals surface area contributed by atoms with Crippen LogP contribution in [0.2, 0.25) is 0 Å². The van der Waals surface area contributed by atoms with Crippen molar-refractivity contribution in [3.63, 3.8) is 0 Å².